The van der Waals surface area contributed by atoms with Crippen LogP contribution >= 0.6 is 0 Å². The van der Waals surface area contributed by atoms with Crippen LogP contribution in [0.15, 0.2) is 48.5 Å². The number of hydrogen-bond acceptors (Lipinski definition) is 3. The quantitative estimate of drug-likeness (QED) is 0.727. The molecule has 0 spiro atoms. The van der Waals surface area contributed by atoms with Gasteiger partial charge in [-0.2, -0.15) is 13.2 Å². The second-order valence-corrected chi connectivity index (χ2v) is 7.44. The third kappa shape index (κ3) is 4.54. The first-order chi connectivity index (χ1) is 13.1. The Hall–Kier alpha value is -2.38. The van der Waals surface area contributed by atoms with E-state index in [0.29, 0.717) is 24.1 Å². The van der Waals surface area contributed by atoms with Gasteiger partial charge in [0.05, 0.1) is 11.2 Å². The summed E-state index contributed by atoms with van der Waals surface area (Å²) < 4.78 is 38.4. The Kier molecular flexibility index (Phi) is 5.50. The smallest absolute Gasteiger partial charge is 0.385 e. The minimum absolute atomic E-state index is 0.0268. The SMILES string of the molecule is CC(=O)Nc1ccc([C@@H]2CC(O)(c3ccc(C(F)(F)F)cc3)C[C@H](C)N2)cc1. The van der Waals surface area contributed by atoms with Crippen molar-refractivity contribution in [2.24, 2.45) is 0 Å². The van der Waals surface area contributed by atoms with Crippen LogP contribution in [-0.4, -0.2) is 17.1 Å². The van der Waals surface area contributed by atoms with Crippen molar-refractivity contribution in [2.75, 3.05) is 5.32 Å². The number of carbonyl (C=O) groups excluding carboxylic acids is 1. The van der Waals surface area contributed by atoms with Gasteiger partial charge in [-0.3, -0.25) is 4.79 Å². The Morgan fingerprint density at radius 2 is 1.71 bits per heavy atom. The van der Waals surface area contributed by atoms with Crippen molar-refractivity contribution >= 4 is 11.6 Å². The molecule has 1 amide bonds. The van der Waals surface area contributed by atoms with E-state index in [-0.39, 0.29) is 18.0 Å². The van der Waals surface area contributed by atoms with Crippen LogP contribution in [0.2, 0.25) is 0 Å². The van der Waals surface area contributed by atoms with Gasteiger partial charge in [0.15, 0.2) is 0 Å². The number of hydrogen-bond donors (Lipinski definition) is 3. The molecule has 1 fully saturated rings. The van der Waals surface area contributed by atoms with E-state index in [1.807, 2.05) is 19.1 Å². The average Bonchev–Trinajstić information content (AvgIpc) is 2.60. The standard InChI is InChI=1S/C21H23F3N2O2/c1-13-11-20(28,16-5-7-17(8-6-16)21(22,23)24)12-19(25-13)15-3-9-18(10-4-15)26-14(2)27/h3-10,13,19,25,28H,11-12H2,1-2H3,(H,26,27)/t13-,19-,20?/m0/s1. The molecule has 1 unspecified atom stereocenters. The van der Waals surface area contributed by atoms with Crippen molar-refractivity contribution in [3.05, 3.63) is 65.2 Å². The fraction of sp³-hybridized carbons (Fsp3) is 0.381. The molecule has 1 saturated heterocycles. The first-order valence-corrected chi connectivity index (χ1v) is 9.10. The molecule has 1 aliphatic rings. The van der Waals surface area contributed by atoms with Gasteiger partial charge >= 0.3 is 6.18 Å². The van der Waals surface area contributed by atoms with Gasteiger partial charge < -0.3 is 15.7 Å². The number of halogens is 3. The number of benzene rings is 2. The highest BCUT2D eigenvalue weighted by Gasteiger charge is 2.40. The van der Waals surface area contributed by atoms with Gasteiger partial charge in [-0.25, -0.2) is 0 Å². The highest BCUT2D eigenvalue weighted by Crippen LogP contribution is 2.41. The van der Waals surface area contributed by atoms with Crippen LogP contribution in [0, 0.1) is 0 Å². The summed E-state index contributed by atoms with van der Waals surface area (Å²) in [6.07, 6.45) is -3.66. The summed E-state index contributed by atoms with van der Waals surface area (Å²) in [5, 5.41) is 17.4. The zero-order valence-corrected chi connectivity index (χ0v) is 15.7. The maximum Gasteiger partial charge on any atom is 0.416 e. The van der Waals surface area contributed by atoms with E-state index < -0.39 is 17.3 Å². The largest absolute Gasteiger partial charge is 0.416 e. The van der Waals surface area contributed by atoms with Crippen LogP contribution in [0.1, 0.15) is 49.4 Å². The topological polar surface area (TPSA) is 61.4 Å². The Morgan fingerprint density at radius 1 is 1.11 bits per heavy atom. The molecule has 4 nitrogen and oxygen atoms in total. The van der Waals surface area contributed by atoms with Crippen molar-refractivity contribution in [3.8, 4) is 0 Å². The molecule has 2 aromatic rings. The lowest BCUT2D eigenvalue weighted by Gasteiger charge is -2.41. The van der Waals surface area contributed by atoms with Crippen LogP contribution in [0.25, 0.3) is 0 Å². The van der Waals surface area contributed by atoms with Gasteiger partial charge in [-0.15, -0.1) is 0 Å². The molecule has 0 saturated carbocycles. The molecule has 150 valence electrons. The third-order valence-electron chi connectivity index (χ3n) is 5.05. The maximum atomic E-state index is 12.8. The highest BCUT2D eigenvalue weighted by atomic mass is 19.4. The summed E-state index contributed by atoms with van der Waals surface area (Å²) in [5.41, 5.74) is 0.139. The van der Waals surface area contributed by atoms with E-state index in [1.165, 1.54) is 19.1 Å². The lowest BCUT2D eigenvalue weighted by atomic mass is 9.77. The summed E-state index contributed by atoms with van der Waals surface area (Å²) in [6.45, 7) is 3.37. The Bertz CT molecular complexity index is 834. The molecule has 0 bridgehead atoms. The Balaban J connectivity index is 1.82. The lowest BCUT2D eigenvalue weighted by molar-refractivity contribution is -0.137. The minimum Gasteiger partial charge on any atom is -0.385 e. The molecule has 3 rings (SSSR count). The van der Waals surface area contributed by atoms with Crippen LogP contribution in [0.4, 0.5) is 18.9 Å². The van der Waals surface area contributed by atoms with Crippen molar-refractivity contribution in [3.63, 3.8) is 0 Å². The molecule has 3 atom stereocenters. The van der Waals surface area contributed by atoms with E-state index in [9.17, 15) is 23.1 Å². The summed E-state index contributed by atoms with van der Waals surface area (Å²) in [6, 6.07) is 11.9. The predicted octanol–water partition coefficient (Wildman–Crippen LogP) is 4.36. The first-order valence-electron chi connectivity index (χ1n) is 9.10. The van der Waals surface area contributed by atoms with Crippen molar-refractivity contribution < 1.29 is 23.1 Å². The van der Waals surface area contributed by atoms with Gasteiger partial charge in [0.25, 0.3) is 0 Å². The summed E-state index contributed by atoms with van der Waals surface area (Å²) >= 11 is 0. The predicted molar refractivity (Wildman–Crippen MR) is 101 cm³/mol. The van der Waals surface area contributed by atoms with Gasteiger partial charge in [0, 0.05) is 24.7 Å². The van der Waals surface area contributed by atoms with Gasteiger partial charge in [-0.1, -0.05) is 24.3 Å². The Morgan fingerprint density at radius 3 is 2.25 bits per heavy atom. The molecule has 1 aliphatic heterocycles. The molecule has 0 aromatic heterocycles. The van der Waals surface area contributed by atoms with E-state index in [1.54, 1.807) is 12.1 Å². The van der Waals surface area contributed by atoms with Crippen molar-refractivity contribution in [1.29, 1.82) is 0 Å². The molecule has 2 aromatic carbocycles. The molecule has 0 aliphatic carbocycles. The molecule has 7 heteroatoms. The van der Waals surface area contributed by atoms with Crippen molar-refractivity contribution in [1.82, 2.24) is 5.32 Å². The fourth-order valence-electron chi connectivity index (χ4n) is 3.81. The number of carbonyl (C=O) groups is 1. The highest BCUT2D eigenvalue weighted by molar-refractivity contribution is 5.88. The summed E-state index contributed by atoms with van der Waals surface area (Å²) in [4.78, 5) is 11.1. The second kappa shape index (κ2) is 7.56. The molecule has 0 radical (unpaired) electrons. The molecular formula is C21H23F3N2O2. The number of anilines is 1. The number of rotatable bonds is 3. The minimum atomic E-state index is -4.40. The molecule has 3 N–H and O–H groups in total. The third-order valence-corrected chi connectivity index (χ3v) is 5.05. The van der Waals surface area contributed by atoms with Gasteiger partial charge in [0.1, 0.15) is 0 Å². The van der Waals surface area contributed by atoms with Crippen LogP contribution in [0.5, 0.6) is 0 Å². The first kappa shape index (κ1) is 20.4. The van der Waals surface area contributed by atoms with Crippen molar-refractivity contribution in [2.45, 2.75) is 50.6 Å². The molecular weight excluding hydrogens is 369 g/mol. The normalized spacial score (nSPS) is 25.4. The van der Waals surface area contributed by atoms with E-state index in [2.05, 4.69) is 10.6 Å². The number of nitrogens with one attached hydrogen (secondary N) is 2. The fourth-order valence-corrected chi connectivity index (χ4v) is 3.81. The molecule has 1 heterocycles. The number of aliphatic hydroxyl groups is 1. The van der Waals surface area contributed by atoms with Crippen LogP contribution in [0.3, 0.4) is 0 Å². The number of amides is 1. The average molecular weight is 392 g/mol. The van der Waals surface area contributed by atoms with Crippen LogP contribution < -0.4 is 10.6 Å². The van der Waals surface area contributed by atoms with Gasteiger partial charge in [-0.05, 0) is 55.2 Å². The number of piperidine rings is 1. The summed E-state index contributed by atoms with van der Waals surface area (Å²) in [5.74, 6) is -0.158. The molecule has 28 heavy (non-hydrogen) atoms. The van der Waals surface area contributed by atoms with E-state index in [0.717, 1.165) is 17.7 Å². The lowest BCUT2D eigenvalue weighted by Crippen LogP contribution is -2.46. The van der Waals surface area contributed by atoms with Crippen LogP contribution in [-0.2, 0) is 16.6 Å². The van der Waals surface area contributed by atoms with E-state index in [4.69, 9.17) is 0 Å². The monoisotopic (exact) mass is 392 g/mol. The zero-order chi connectivity index (χ0) is 20.5. The summed E-state index contributed by atoms with van der Waals surface area (Å²) in [7, 11) is 0. The zero-order valence-electron chi connectivity index (χ0n) is 15.7. The number of alkyl halides is 3. The van der Waals surface area contributed by atoms with E-state index >= 15 is 0 Å². The maximum absolute atomic E-state index is 12.8. The second-order valence-electron chi connectivity index (χ2n) is 7.44. The Labute approximate surface area is 161 Å². The van der Waals surface area contributed by atoms with Gasteiger partial charge in [0.2, 0.25) is 5.91 Å².